The molecule has 2 atom stereocenters. The first kappa shape index (κ1) is 34.2. The van der Waals surface area contributed by atoms with Crippen molar-refractivity contribution >= 4 is 45.0 Å². The third kappa shape index (κ3) is 5.37. The summed E-state index contributed by atoms with van der Waals surface area (Å²) in [5.41, 5.74) is 4.34. The average molecular weight is 734 g/mol. The molecule has 0 saturated carbocycles. The third-order valence-electron chi connectivity index (χ3n) is 11.4. The largest absolute Gasteiger partial charge is 0.508 e. The Morgan fingerprint density at radius 1 is 1.13 bits per heavy atom. The molecular weight excluding hydrogens is 692 g/mol. The van der Waals surface area contributed by atoms with Gasteiger partial charge in [-0.25, -0.2) is 13.3 Å². The van der Waals surface area contributed by atoms with Crippen molar-refractivity contribution in [3.63, 3.8) is 0 Å². The number of phenols is 1. The molecule has 12 nitrogen and oxygen atoms in total. The predicted octanol–water partition coefficient (Wildman–Crippen LogP) is 6.16. The number of hydrogen-bond donors (Lipinski definition) is 1. The summed E-state index contributed by atoms with van der Waals surface area (Å²) in [6.07, 6.45) is 5.24. The van der Waals surface area contributed by atoms with Crippen molar-refractivity contribution in [2.75, 3.05) is 45.2 Å². The summed E-state index contributed by atoms with van der Waals surface area (Å²) in [6, 6.07) is 10.1. The quantitative estimate of drug-likeness (QED) is 0.206. The van der Waals surface area contributed by atoms with Gasteiger partial charge in [0.05, 0.1) is 46.1 Å². The molecule has 0 aliphatic carbocycles. The van der Waals surface area contributed by atoms with Gasteiger partial charge >= 0.3 is 6.01 Å². The maximum absolute atomic E-state index is 15.3. The fourth-order valence-corrected chi connectivity index (χ4v) is 8.95. The van der Waals surface area contributed by atoms with E-state index in [9.17, 15) is 14.3 Å². The fraction of sp³-hybridized carbons (Fsp3) is 0.375. The molecule has 3 aliphatic heterocycles. The van der Waals surface area contributed by atoms with Gasteiger partial charge in [-0.15, -0.1) is 0 Å². The summed E-state index contributed by atoms with van der Waals surface area (Å²) < 4.78 is 40.3. The number of halogens is 2. The van der Waals surface area contributed by atoms with E-state index in [-0.39, 0.29) is 24.3 Å². The van der Waals surface area contributed by atoms with Crippen LogP contribution < -0.4 is 9.64 Å². The molecule has 14 heteroatoms. The molecule has 0 bridgehead atoms. The summed E-state index contributed by atoms with van der Waals surface area (Å²) in [4.78, 5) is 28.9. The molecular formula is C40H41F2N9O3. The molecule has 2 fully saturated rings. The smallest absolute Gasteiger partial charge is 0.319 e. The van der Waals surface area contributed by atoms with Crippen LogP contribution in [0.5, 0.6) is 11.8 Å². The second kappa shape index (κ2) is 12.8. The SMILES string of the molecule is C=Cc1c(F)ccc2cc(O)cc(-c3c(C)c4nc(OCC56CCCN5CC(F)C6)nc(N5CCCn6nc(C(=O)N(C)C)cc6C5)c4c4ccnn34)c12. The third-order valence-corrected chi connectivity index (χ3v) is 11.4. The van der Waals surface area contributed by atoms with Crippen molar-refractivity contribution in [1.29, 1.82) is 0 Å². The number of hydrogen-bond acceptors (Lipinski definition) is 9. The molecule has 2 aromatic carbocycles. The topological polar surface area (TPSA) is 117 Å². The standard InChI is InChI=1S/C40H41F2N9O3/c1-5-28-30(42)9-8-24-16-27(52)18-29(33(24)28)36-23(2)35-34(32-10-12-43-51(32)36)37(45-39(44-35)54-22-40-11-6-14-49(40)20-25(41)19-40)48-13-7-15-50-26(21-48)17-31(46-50)38(53)47(3)4/h5,8-10,12,16-18,25,52H,1,6-7,11,13-15,19-22H2,2-4H3. The number of amides is 1. The molecule has 9 rings (SSSR count). The van der Waals surface area contributed by atoms with E-state index in [0.29, 0.717) is 88.3 Å². The van der Waals surface area contributed by atoms with Gasteiger partial charge in [-0.3, -0.25) is 14.4 Å². The van der Waals surface area contributed by atoms with Gasteiger partial charge < -0.3 is 19.6 Å². The van der Waals surface area contributed by atoms with Crippen molar-refractivity contribution in [3.05, 3.63) is 77.5 Å². The van der Waals surface area contributed by atoms with Crippen LogP contribution in [-0.4, -0.2) is 102 Å². The van der Waals surface area contributed by atoms with E-state index in [1.165, 1.54) is 17.0 Å². The van der Waals surface area contributed by atoms with Gasteiger partial charge in [-0.05, 0) is 68.4 Å². The monoisotopic (exact) mass is 733 g/mol. The number of ether oxygens (including phenoxy) is 1. The van der Waals surface area contributed by atoms with Crippen LogP contribution in [-0.2, 0) is 13.1 Å². The Bertz CT molecular complexity index is 2510. The van der Waals surface area contributed by atoms with Crippen LogP contribution in [0.25, 0.3) is 44.5 Å². The van der Waals surface area contributed by atoms with Crippen LogP contribution in [0, 0.1) is 12.7 Å². The van der Waals surface area contributed by atoms with Gasteiger partial charge in [0.15, 0.2) is 5.69 Å². The van der Waals surface area contributed by atoms with E-state index < -0.39 is 17.5 Å². The molecule has 4 aromatic heterocycles. The Morgan fingerprint density at radius 3 is 2.80 bits per heavy atom. The van der Waals surface area contributed by atoms with Crippen molar-refractivity contribution in [2.24, 2.45) is 0 Å². The maximum atomic E-state index is 15.3. The molecule has 0 radical (unpaired) electrons. The highest BCUT2D eigenvalue weighted by molar-refractivity contribution is 6.09. The van der Waals surface area contributed by atoms with Crippen LogP contribution in [0.15, 0.2) is 49.2 Å². The van der Waals surface area contributed by atoms with Crippen LogP contribution in [0.3, 0.4) is 0 Å². The Labute approximate surface area is 310 Å². The van der Waals surface area contributed by atoms with Gasteiger partial charge in [-0.2, -0.15) is 20.2 Å². The average Bonchev–Trinajstić information content (AvgIpc) is 3.91. The lowest BCUT2D eigenvalue weighted by molar-refractivity contribution is 0.0821. The number of pyridine rings is 1. The molecule has 2 saturated heterocycles. The number of anilines is 1. The number of aromatic hydroxyl groups is 1. The number of aryl methyl sites for hydroxylation is 2. The predicted molar refractivity (Wildman–Crippen MR) is 202 cm³/mol. The van der Waals surface area contributed by atoms with Crippen LogP contribution >= 0.6 is 0 Å². The zero-order chi connectivity index (χ0) is 37.5. The molecule has 6 aromatic rings. The molecule has 7 heterocycles. The number of carbonyl (C=O) groups is 1. The Balaban J connectivity index is 1.26. The minimum Gasteiger partial charge on any atom is -0.508 e. The number of carbonyl (C=O) groups excluding carboxylic acids is 1. The Hall–Kier alpha value is -5.63. The minimum absolute atomic E-state index is 0.0164. The summed E-state index contributed by atoms with van der Waals surface area (Å²) in [5.74, 6) is 0.0387. The highest BCUT2D eigenvalue weighted by Crippen LogP contribution is 2.44. The maximum Gasteiger partial charge on any atom is 0.319 e. The highest BCUT2D eigenvalue weighted by atomic mass is 19.1. The molecule has 2 unspecified atom stereocenters. The Kier molecular flexibility index (Phi) is 8.07. The molecule has 54 heavy (non-hydrogen) atoms. The first-order valence-corrected chi connectivity index (χ1v) is 18.4. The Morgan fingerprint density at radius 2 is 1.98 bits per heavy atom. The number of fused-ring (bicyclic) bond motifs is 6. The van der Waals surface area contributed by atoms with E-state index in [4.69, 9.17) is 19.8 Å². The van der Waals surface area contributed by atoms with Crippen molar-refractivity contribution in [1.82, 2.24) is 39.2 Å². The fourth-order valence-electron chi connectivity index (χ4n) is 8.95. The molecule has 1 amide bonds. The second-order valence-electron chi connectivity index (χ2n) is 15.0. The van der Waals surface area contributed by atoms with Gasteiger partial charge in [0, 0.05) is 62.2 Å². The summed E-state index contributed by atoms with van der Waals surface area (Å²) in [5, 5.41) is 22.3. The molecule has 0 spiro atoms. The lowest BCUT2D eigenvalue weighted by atomic mass is 9.93. The van der Waals surface area contributed by atoms with Gasteiger partial charge in [0.1, 0.15) is 30.2 Å². The van der Waals surface area contributed by atoms with E-state index in [2.05, 4.69) is 21.5 Å². The van der Waals surface area contributed by atoms with Crippen LogP contribution in [0.2, 0.25) is 0 Å². The lowest BCUT2D eigenvalue weighted by Crippen LogP contribution is -2.43. The van der Waals surface area contributed by atoms with E-state index in [0.717, 1.165) is 36.9 Å². The number of alkyl halides is 1. The first-order chi connectivity index (χ1) is 26.0. The van der Waals surface area contributed by atoms with E-state index >= 15 is 4.39 Å². The lowest BCUT2D eigenvalue weighted by Gasteiger charge is -2.31. The highest BCUT2D eigenvalue weighted by Gasteiger charge is 2.49. The summed E-state index contributed by atoms with van der Waals surface area (Å²) in [6.45, 7) is 8.99. The van der Waals surface area contributed by atoms with E-state index in [1.807, 2.05) is 23.7 Å². The molecule has 3 aliphatic rings. The summed E-state index contributed by atoms with van der Waals surface area (Å²) >= 11 is 0. The zero-order valence-corrected chi connectivity index (χ0v) is 30.5. The van der Waals surface area contributed by atoms with Crippen LogP contribution in [0.4, 0.5) is 14.6 Å². The normalized spacial score (nSPS) is 20.1. The number of aromatic nitrogens is 6. The molecule has 278 valence electrons. The van der Waals surface area contributed by atoms with Gasteiger partial charge in [0.25, 0.3) is 5.91 Å². The second-order valence-corrected chi connectivity index (χ2v) is 15.0. The van der Waals surface area contributed by atoms with Crippen molar-refractivity contribution in [3.8, 4) is 23.0 Å². The summed E-state index contributed by atoms with van der Waals surface area (Å²) in [7, 11) is 3.41. The van der Waals surface area contributed by atoms with Crippen LogP contribution in [0.1, 0.15) is 53.0 Å². The first-order valence-electron chi connectivity index (χ1n) is 18.4. The number of nitrogens with zero attached hydrogens (tertiary/aromatic N) is 9. The molecule has 1 N–H and O–H groups in total. The van der Waals surface area contributed by atoms with Gasteiger partial charge in [-0.1, -0.05) is 18.7 Å². The van der Waals surface area contributed by atoms with Crippen molar-refractivity contribution in [2.45, 2.75) is 57.4 Å². The number of rotatable bonds is 7. The zero-order valence-electron chi connectivity index (χ0n) is 30.5. The number of phenolic OH excluding ortho intramolecular Hbond substituents is 1. The van der Waals surface area contributed by atoms with E-state index in [1.54, 1.807) is 43.0 Å². The van der Waals surface area contributed by atoms with Gasteiger partial charge in [0.2, 0.25) is 0 Å². The van der Waals surface area contributed by atoms with Crippen molar-refractivity contribution < 1.29 is 23.4 Å². The minimum atomic E-state index is -0.907. The number of benzene rings is 2.